The molecule has 0 aliphatic carbocycles. The van der Waals surface area contributed by atoms with Crippen LogP contribution in [0.5, 0.6) is 0 Å². The second kappa shape index (κ2) is 7.11. The first-order chi connectivity index (χ1) is 12.9. The number of anilines is 1. The van der Waals surface area contributed by atoms with Gasteiger partial charge in [-0.25, -0.2) is 9.18 Å². The highest BCUT2D eigenvalue weighted by molar-refractivity contribution is 5.79. The number of benzene rings is 1. The molecule has 0 spiro atoms. The number of carbonyl (C=O) groups is 2. The maximum atomic E-state index is 13.4. The lowest BCUT2D eigenvalue weighted by Gasteiger charge is -2.47. The number of rotatable bonds is 3. The summed E-state index contributed by atoms with van der Waals surface area (Å²) in [5, 5.41) is 9.83. The Hall–Kier alpha value is -2.15. The van der Waals surface area contributed by atoms with E-state index in [1.54, 1.807) is 6.07 Å². The highest BCUT2D eigenvalue weighted by atomic mass is 19.1. The van der Waals surface area contributed by atoms with Gasteiger partial charge in [0.25, 0.3) is 0 Å². The molecule has 6 nitrogen and oxygen atoms in total. The van der Waals surface area contributed by atoms with Crippen LogP contribution in [0.4, 0.5) is 10.1 Å². The topological polar surface area (TPSA) is 64.1 Å². The summed E-state index contributed by atoms with van der Waals surface area (Å²) in [4.78, 5) is 30.1. The molecule has 1 aromatic carbocycles. The number of hydrogen-bond donors (Lipinski definition) is 1. The zero-order valence-corrected chi connectivity index (χ0v) is 15.6. The Balaban J connectivity index is 1.48. The number of nitrogens with zero attached hydrogens (tertiary/aromatic N) is 3. The van der Waals surface area contributed by atoms with Gasteiger partial charge in [0.1, 0.15) is 11.9 Å². The van der Waals surface area contributed by atoms with Crippen LogP contribution in [0.3, 0.4) is 0 Å². The van der Waals surface area contributed by atoms with Crippen LogP contribution in [-0.4, -0.2) is 71.1 Å². The van der Waals surface area contributed by atoms with Crippen molar-refractivity contribution in [1.82, 2.24) is 9.80 Å². The molecule has 0 saturated carbocycles. The SMILES string of the molecule is Cc1cc(F)ccc1N1CCC(N2CCN3C(=O)CC[C@H]3C2)CC1C(=O)O. The second-order valence-electron chi connectivity index (χ2n) is 7.93. The average molecular weight is 375 g/mol. The largest absolute Gasteiger partial charge is 0.480 e. The normalized spacial score (nSPS) is 29.1. The fourth-order valence-corrected chi connectivity index (χ4v) is 4.96. The zero-order chi connectivity index (χ0) is 19.1. The lowest BCUT2D eigenvalue weighted by atomic mass is 9.93. The van der Waals surface area contributed by atoms with Gasteiger partial charge in [0, 0.05) is 50.4 Å². The summed E-state index contributed by atoms with van der Waals surface area (Å²) in [5.41, 5.74) is 1.56. The van der Waals surface area contributed by atoms with Crippen LogP contribution in [0.25, 0.3) is 0 Å². The summed E-state index contributed by atoms with van der Waals surface area (Å²) in [6.45, 7) is 4.86. The predicted molar refractivity (Wildman–Crippen MR) is 99.2 cm³/mol. The van der Waals surface area contributed by atoms with Gasteiger partial charge in [-0.05, 0) is 49.9 Å². The van der Waals surface area contributed by atoms with Gasteiger partial charge in [0.2, 0.25) is 5.91 Å². The van der Waals surface area contributed by atoms with Crippen LogP contribution in [-0.2, 0) is 9.59 Å². The number of halogens is 1. The van der Waals surface area contributed by atoms with E-state index >= 15 is 0 Å². The number of fused-ring (bicyclic) bond motifs is 1. The van der Waals surface area contributed by atoms with Crippen LogP contribution in [0.1, 0.15) is 31.2 Å². The summed E-state index contributed by atoms with van der Waals surface area (Å²) < 4.78 is 13.4. The minimum atomic E-state index is -0.835. The lowest BCUT2D eigenvalue weighted by molar-refractivity contribution is -0.139. The van der Waals surface area contributed by atoms with Crippen molar-refractivity contribution in [2.75, 3.05) is 31.1 Å². The molecule has 0 bridgehead atoms. The van der Waals surface area contributed by atoms with Gasteiger partial charge >= 0.3 is 5.97 Å². The van der Waals surface area contributed by atoms with E-state index in [9.17, 15) is 19.1 Å². The molecular formula is C20H26FN3O3. The molecule has 1 amide bonds. The Morgan fingerprint density at radius 3 is 2.70 bits per heavy atom. The first-order valence-electron chi connectivity index (χ1n) is 9.73. The molecule has 1 N–H and O–H groups in total. The molecule has 3 fully saturated rings. The van der Waals surface area contributed by atoms with E-state index in [0.29, 0.717) is 19.4 Å². The van der Waals surface area contributed by atoms with Gasteiger partial charge in [-0.3, -0.25) is 9.69 Å². The van der Waals surface area contributed by atoms with E-state index in [1.165, 1.54) is 12.1 Å². The van der Waals surface area contributed by atoms with Crippen LogP contribution in [0.2, 0.25) is 0 Å². The Morgan fingerprint density at radius 2 is 1.96 bits per heavy atom. The van der Waals surface area contributed by atoms with Crippen molar-refractivity contribution in [2.45, 2.75) is 50.7 Å². The molecule has 0 radical (unpaired) electrons. The standard InChI is InChI=1S/C20H26FN3O3/c1-13-10-14(21)2-4-17(13)24-7-6-15(11-18(24)20(26)27)22-8-9-23-16(12-22)3-5-19(23)25/h2,4,10,15-16,18H,3,5-9,11-12H2,1H3,(H,26,27)/t15?,16-,18?/m0/s1. The minimum absolute atomic E-state index is 0.209. The summed E-state index contributed by atoms with van der Waals surface area (Å²) >= 11 is 0. The number of aliphatic carboxylic acids is 1. The molecule has 146 valence electrons. The number of carboxylic acids is 1. The predicted octanol–water partition coefficient (Wildman–Crippen LogP) is 1.86. The number of aryl methyl sites for hydroxylation is 1. The van der Waals surface area contributed by atoms with Crippen molar-refractivity contribution in [3.05, 3.63) is 29.6 Å². The highest BCUT2D eigenvalue weighted by Gasteiger charge is 2.41. The highest BCUT2D eigenvalue weighted by Crippen LogP contribution is 2.32. The Morgan fingerprint density at radius 1 is 1.15 bits per heavy atom. The van der Waals surface area contributed by atoms with Crippen LogP contribution in [0, 0.1) is 12.7 Å². The molecule has 4 rings (SSSR count). The third kappa shape index (κ3) is 3.40. The fraction of sp³-hybridized carbons (Fsp3) is 0.600. The molecular weight excluding hydrogens is 349 g/mol. The summed E-state index contributed by atoms with van der Waals surface area (Å²) in [6.07, 6.45) is 2.97. The van der Waals surface area contributed by atoms with E-state index in [1.807, 2.05) is 16.7 Å². The summed E-state index contributed by atoms with van der Waals surface area (Å²) in [7, 11) is 0. The van der Waals surface area contributed by atoms with Crippen molar-refractivity contribution in [3.63, 3.8) is 0 Å². The van der Waals surface area contributed by atoms with Gasteiger partial charge in [0.05, 0.1) is 0 Å². The van der Waals surface area contributed by atoms with Crippen molar-refractivity contribution < 1.29 is 19.1 Å². The number of carboxylic acid groups (broad SMARTS) is 1. The molecule has 2 unspecified atom stereocenters. The van der Waals surface area contributed by atoms with E-state index in [4.69, 9.17) is 0 Å². The smallest absolute Gasteiger partial charge is 0.326 e. The second-order valence-corrected chi connectivity index (χ2v) is 7.93. The number of piperazine rings is 1. The fourth-order valence-electron chi connectivity index (χ4n) is 4.96. The van der Waals surface area contributed by atoms with E-state index in [2.05, 4.69) is 4.90 Å². The van der Waals surface area contributed by atoms with Crippen molar-refractivity contribution >= 4 is 17.6 Å². The molecule has 3 saturated heterocycles. The average Bonchev–Trinajstić information content (AvgIpc) is 3.02. The Kier molecular flexibility index (Phi) is 4.80. The molecule has 7 heteroatoms. The number of carbonyl (C=O) groups excluding carboxylic acids is 1. The molecule has 1 aromatic rings. The first kappa shape index (κ1) is 18.2. The molecule has 3 aliphatic heterocycles. The van der Waals surface area contributed by atoms with Gasteiger partial charge in [-0.1, -0.05) is 0 Å². The van der Waals surface area contributed by atoms with Gasteiger partial charge in [0.15, 0.2) is 0 Å². The van der Waals surface area contributed by atoms with Crippen LogP contribution >= 0.6 is 0 Å². The lowest BCUT2D eigenvalue weighted by Crippen LogP contribution is -2.59. The molecule has 3 aliphatic rings. The number of piperidine rings is 1. The van der Waals surface area contributed by atoms with E-state index < -0.39 is 12.0 Å². The molecule has 27 heavy (non-hydrogen) atoms. The third-order valence-corrected chi connectivity index (χ3v) is 6.37. The third-order valence-electron chi connectivity index (χ3n) is 6.37. The van der Waals surface area contributed by atoms with Crippen LogP contribution in [0.15, 0.2) is 18.2 Å². The zero-order valence-electron chi connectivity index (χ0n) is 15.6. The summed E-state index contributed by atoms with van der Waals surface area (Å²) in [6, 6.07) is 4.41. The number of amides is 1. The number of hydrogen-bond acceptors (Lipinski definition) is 4. The molecule has 0 aromatic heterocycles. The maximum absolute atomic E-state index is 13.4. The van der Waals surface area contributed by atoms with E-state index in [-0.39, 0.29) is 23.8 Å². The van der Waals surface area contributed by atoms with E-state index in [0.717, 1.165) is 43.7 Å². The Labute approximate surface area is 158 Å². The van der Waals surface area contributed by atoms with Crippen LogP contribution < -0.4 is 4.90 Å². The maximum Gasteiger partial charge on any atom is 0.326 e. The van der Waals surface area contributed by atoms with Gasteiger partial charge < -0.3 is 14.9 Å². The van der Waals surface area contributed by atoms with Crippen molar-refractivity contribution in [2.24, 2.45) is 0 Å². The monoisotopic (exact) mass is 375 g/mol. The van der Waals surface area contributed by atoms with Crippen molar-refractivity contribution in [1.29, 1.82) is 0 Å². The molecule has 3 heterocycles. The quantitative estimate of drug-likeness (QED) is 0.874. The van der Waals surface area contributed by atoms with Crippen molar-refractivity contribution in [3.8, 4) is 0 Å². The van der Waals surface area contributed by atoms with Gasteiger partial charge in [-0.2, -0.15) is 0 Å². The minimum Gasteiger partial charge on any atom is -0.480 e. The first-order valence-corrected chi connectivity index (χ1v) is 9.73. The summed E-state index contributed by atoms with van der Waals surface area (Å²) in [5.74, 6) is -0.884. The molecule has 3 atom stereocenters. The Bertz CT molecular complexity index is 756. The van der Waals surface area contributed by atoms with Gasteiger partial charge in [-0.15, -0.1) is 0 Å².